The highest BCUT2D eigenvalue weighted by molar-refractivity contribution is 6.11. The van der Waals surface area contributed by atoms with Crippen LogP contribution in [0, 0.1) is 18.6 Å². The number of benzene rings is 2. The Morgan fingerprint density at radius 2 is 2.00 bits per heavy atom. The predicted octanol–water partition coefficient (Wildman–Crippen LogP) is 3.40. The molecule has 0 unspecified atom stereocenters. The summed E-state index contributed by atoms with van der Waals surface area (Å²) in [6.45, 7) is 1.79. The summed E-state index contributed by atoms with van der Waals surface area (Å²) in [6.07, 6.45) is 0. The lowest BCUT2D eigenvalue weighted by atomic mass is 10.1. The molecule has 0 saturated carbocycles. The number of anilines is 1. The Morgan fingerprint density at radius 1 is 1.19 bits per heavy atom. The standard InChI is InChI=1S/C15H11F2N3O/c1-8-18-13-4-2-3-10(14(13)19-8)15(21)20-9-5-6-11(16)12(17)7-9/h2-7H,1H3,(H,18,19)(H,20,21). The van der Waals surface area contributed by atoms with Gasteiger partial charge < -0.3 is 10.3 Å². The van der Waals surface area contributed by atoms with E-state index in [1.54, 1.807) is 19.1 Å². The smallest absolute Gasteiger partial charge is 0.257 e. The molecule has 0 aliphatic heterocycles. The van der Waals surface area contributed by atoms with Crippen molar-refractivity contribution >= 4 is 22.6 Å². The molecule has 1 heterocycles. The molecule has 0 aliphatic rings. The maximum absolute atomic E-state index is 13.1. The molecule has 0 bridgehead atoms. The first-order valence-electron chi connectivity index (χ1n) is 6.26. The Kier molecular flexibility index (Phi) is 3.13. The summed E-state index contributed by atoms with van der Waals surface area (Å²) >= 11 is 0. The molecule has 0 radical (unpaired) electrons. The van der Waals surface area contributed by atoms with Gasteiger partial charge in [0.2, 0.25) is 0 Å². The highest BCUT2D eigenvalue weighted by atomic mass is 19.2. The lowest BCUT2D eigenvalue weighted by molar-refractivity contribution is 0.102. The summed E-state index contributed by atoms with van der Waals surface area (Å²) < 4.78 is 26.0. The van der Waals surface area contributed by atoms with Crippen molar-refractivity contribution in [1.29, 1.82) is 0 Å². The summed E-state index contributed by atoms with van der Waals surface area (Å²) in [7, 11) is 0. The minimum absolute atomic E-state index is 0.183. The molecule has 3 aromatic rings. The number of imidazole rings is 1. The third kappa shape index (κ3) is 2.47. The van der Waals surface area contributed by atoms with Crippen LogP contribution in [0.2, 0.25) is 0 Å². The summed E-state index contributed by atoms with van der Waals surface area (Å²) in [5.41, 5.74) is 1.82. The van der Waals surface area contributed by atoms with E-state index in [9.17, 15) is 13.6 Å². The zero-order chi connectivity index (χ0) is 15.0. The Morgan fingerprint density at radius 3 is 2.76 bits per heavy atom. The molecule has 1 aromatic heterocycles. The van der Waals surface area contributed by atoms with Crippen molar-refractivity contribution in [2.24, 2.45) is 0 Å². The maximum atomic E-state index is 13.1. The average molecular weight is 287 g/mol. The second-order valence-electron chi connectivity index (χ2n) is 4.61. The molecule has 0 atom stereocenters. The second-order valence-corrected chi connectivity index (χ2v) is 4.61. The topological polar surface area (TPSA) is 57.8 Å². The lowest BCUT2D eigenvalue weighted by Gasteiger charge is -2.06. The van der Waals surface area contributed by atoms with E-state index in [0.29, 0.717) is 16.9 Å². The van der Waals surface area contributed by atoms with Gasteiger partial charge in [0.1, 0.15) is 11.3 Å². The number of halogens is 2. The summed E-state index contributed by atoms with van der Waals surface area (Å²) in [5.74, 6) is -1.71. The van der Waals surface area contributed by atoms with Crippen LogP contribution in [0.15, 0.2) is 36.4 Å². The van der Waals surface area contributed by atoms with Crippen molar-refractivity contribution in [2.45, 2.75) is 6.92 Å². The van der Waals surface area contributed by atoms with Crippen molar-refractivity contribution in [1.82, 2.24) is 9.97 Å². The number of fused-ring (bicyclic) bond motifs is 1. The van der Waals surface area contributed by atoms with Gasteiger partial charge in [-0.3, -0.25) is 4.79 Å². The molecular formula is C15H11F2N3O. The third-order valence-electron chi connectivity index (χ3n) is 3.05. The molecule has 0 aliphatic carbocycles. The van der Waals surface area contributed by atoms with Gasteiger partial charge in [-0.15, -0.1) is 0 Å². The number of carbonyl (C=O) groups excluding carboxylic acids is 1. The molecule has 0 saturated heterocycles. The van der Waals surface area contributed by atoms with Crippen LogP contribution in [0.5, 0.6) is 0 Å². The molecule has 0 spiro atoms. The zero-order valence-electron chi connectivity index (χ0n) is 11.1. The quantitative estimate of drug-likeness (QED) is 0.759. The van der Waals surface area contributed by atoms with E-state index in [0.717, 1.165) is 17.6 Å². The monoisotopic (exact) mass is 287 g/mol. The van der Waals surface area contributed by atoms with E-state index in [1.165, 1.54) is 6.07 Å². The van der Waals surface area contributed by atoms with Crippen LogP contribution in [0.3, 0.4) is 0 Å². The molecule has 106 valence electrons. The van der Waals surface area contributed by atoms with E-state index < -0.39 is 17.5 Å². The fourth-order valence-corrected chi connectivity index (χ4v) is 2.11. The van der Waals surface area contributed by atoms with E-state index >= 15 is 0 Å². The number of rotatable bonds is 2. The van der Waals surface area contributed by atoms with Crippen molar-refractivity contribution in [3.05, 3.63) is 59.4 Å². The van der Waals surface area contributed by atoms with Crippen LogP contribution < -0.4 is 5.32 Å². The van der Waals surface area contributed by atoms with Crippen molar-refractivity contribution in [3.8, 4) is 0 Å². The van der Waals surface area contributed by atoms with Gasteiger partial charge in [0.15, 0.2) is 11.6 Å². The number of aromatic amines is 1. The molecular weight excluding hydrogens is 276 g/mol. The van der Waals surface area contributed by atoms with E-state index in [1.807, 2.05) is 6.07 Å². The molecule has 2 aromatic carbocycles. The molecule has 6 heteroatoms. The first-order chi connectivity index (χ1) is 10.0. The van der Waals surface area contributed by atoms with Crippen LogP contribution in [0.1, 0.15) is 16.2 Å². The number of para-hydroxylation sites is 1. The summed E-state index contributed by atoms with van der Waals surface area (Å²) in [4.78, 5) is 19.5. The van der Waals surface area contributed by atoms with Crippen LogP contribution in [0.4, 0.5) is 14.5 Å². The minimum atomic E-state index is -1.01. The number of nitrogens with one attached hydrogen (secondary N) is 2. The predicted molar refractivity (Wildman–Crippen MR) is 75.1 cm³/mol. The summed E-state index contributed by atoms with van der Waals surface area (Å²) in [6, 6.07) is 8.35. The first kappa shape index (κ1) is 13.2. The van der Waals surface area contributed by atoms with Gasteiger partial charge >= 0.3 is 0 Å². The van der Waals surface area contributed by atoms with Crippen molar-refractivity contribution < 1.29 is 13.6 Å². The van der Waals surface area contributed by atoms with Gasteiger partial charge in [-0.2, -0.15) is 0 Å². The number of aromatic nitrogens is 2. The average Bonchev–Trinajstić information content (AvgIpc) is 2.82. The minimum Gasteiger partial charge on any atom is -0.342 e. The largest absolute Gasteiger partial charge is 0.342 e. The SMILES string of the molecule is Cc1nc2c(C(=O)Nc3ccc(F)c(F)c3)cccc2[nH]1. The van der Waals surface area contributed by atoms with E-state index in [2.05, 4.69) is 15.3 Å². The molecule has 0 fully saturated rings. The molecule has 21 heavy (non-hydrogen) atoms. The summed E-state index contributed by atoms with van der Waals surface area (Å²) in [5, 5.41) is 2.53. The number of amides is 1. The van der Waals surface area contributed by atoms with Crippen molar-refractivity contribution in [3.63, 3.8) is 0 Å². The van der Waals surface area contributed by atoms with Gasteiger partial charge in [-0.25, -0.2) is 13.8 Å². The van der Waals surface area contributed by atoms with Gasteiger partial charge in [-0.1, -0.05) is 6.07 Å². The van der Waals surface area contributed by atoms with Crippen LogP contribution >= 0.6 is 0 Å². The maximum Gasteiger partial charge on any atom is 0.257 e. The van der Waals surface area contributed by atoms with E-state index in [4.69, 9.17) is 0 Å². The highest BCUT2D eigenvalue weighted by Crippen LogP contribution is 2.19. The van der Waals surface area contributed by atoms with Crippen molar-refractivity contribution in [2.75, 3.05) is 5.32 Å². The fourth-order valence-electron chi connectivity index (χ4n) is 2.11. The number of carbonyl (C=O) groups is 1. The number of hydrogen-bond acceptors (Lipinski definition) is 2. The Hall–Kier alpha value is -2.76. The first-order valence-corrected chi connectivity index (χ1v) is 6.26. The lowest BCUT2D eigenvalue weighted by Crippen LogP contribution is -2.12. The Bertz CT molecular complexity index is 842. The molecule has 3 rings (SSSR count). The number of nitrogens with zero attached hydrogens (tertiary/aromatic N) is 1. The third-order valence-corrected chi connectivity index (χ3v) is 3.05. The molecule has 2 N–H and O–H groups in total. The number of hydrogen-bond donors (Lipinski definition) is 2. The Balaban J connectivity index is 1.95. The van der Waals surface area contributed by atoms with Crippen LogP contribution in [-0.2, 0) is 0 Å². The van der Waals surface area contributed by atoms with Gasteiger partial charge in [0.05, 0.1) is 11.1 Å². The highest BCUT2D eigenvalue weighted by Gasteiger charge is 2.13. The molecule has 4 nitrogen and oxygen atoms in total. The van der Waals surface area contributed by atoms with Gasteiger partial charge in [0, 0.05) is 11.8 Å². The van der Waals surface area contributed by atoms with Gasteiger partial charge in [-0.05, 0) is 31.2 Å². The van der Waals surface area contributed by atoms with E-state index in [-0.39, 0.29) is 5.69 Å². The zero-order valence-corrected chi connectivity index (χ0v) is 11.1. The van der Waals surface area contributed by atoms with Crippen LogP contribution in [0.25, 0.3) is 11.0 Å². The Labute approximate surface area is 118 Å². The van der Waals surface area contributed by atoms with Crippen LogP contribution in [-0.4, -0.2) is 15.9 Å². The fraction of sp³-hybridized carbons (Fsp3) is 0.0667. The van der Waals surface area contributed by atoms with Gasteiger partial charge in [0.25, 0.3) is 5.91 Å². The number of H-pyrrole nitrogens is 1. The normalized spacial score (nSPS) is 10.8. The number of aryl methyl sites for hydroxylation is 1. The second kappa shape index (κ2) is 4.97. The molecule has 1 amide bonds.